The lowest BCUT2D eigenvalue weighted by Gasteiger charge is -2.25. The van der Waals surface area contributed by atoms with Gasteiger partial charge >= 0.3 is 0 Å². The van der Waals surface area contributed by atoms with Gasteiger partial charge in [0.05, 0.1) is 19.9 Å². The quantitative estimate of drug-likeness (QED) is 0.419. The second-order valence-corrected chi connectivity index (χ2v) is 8.66. The predicted molar refractivity (Wildman–Crippen MR) is 128 cm³/mol. The lowest BCUT2D eigenvalue weighted by molar-refractivity contribution is -0.112. The third-order valence-electron chi connectivity index (χ3n) is 5.36. The van der Waals surface area contributed by atoms with Crippen molar-refractivity contribution in [3.8, 4) is 17.6 Å². The zero-order chi connectivity index (χ0) is 23.2. The Morgan fingerprint density at radius 2 is 2.00 bits per heavy atom. The van der Waals surface area contributed by atoms with Gasteiger partial charge in [-0.3, -0.25) is 15.0 Å². The van der Waals surface area contributed by atoms with E-state index in [-0.39, 0.29) is 5.57 Å². The largest absolute Gasteiger partial charge is 0.493 e. The van der Waals surface area contributed by atoms with Gasteiger partial charge in [0.2, 0.25) is 0 Å². The number of thiazole rings is 1. The number of nitrogens with one attached hydrogen (secondary N) is 1. The molecule has 2 aromatic carbocycles. The highest BCUT2D eigenvalue weighted by molar-refractivity contribution is 7.15. The molecule has 0 bridgehead atoms. The van der Waals surface area contributed by atoms with E-state index >= 15 is 0 Å². The van der Waals surface area contributed by atoms with Crippen LogP contribution in [-0.2, 0) is 24.3 Å². The van der Waals surface area contributed by atoms with Gasteiger partial charge in [0.15, 0.2) is 16.6 Å². The molecule has 33 heavy (non-hydrogen) atoms. The Balaban J connectivity index is 1.44. The first-order valence-corrected chi connectivity index (χ1v) is 11.3. The summed E-state index contributed by atoms with van der Waals surface area (Å²) in [4.78, 5) is 20.9. The van der Waals surface area contributed by atoms with Crippen molar-refractivity contribution in [2.45, 2.75) is 19.5 Å². The van der Waals surface area contributed by atoms with Crippen LogP contribution in [0, 0.1) is 11.3 Å². The van der Waals surface area contributed by atoms with Crippen LogP contribution in [0.25, 0.3) is 6.08 Å². The summed E-state index contributed by atoms with van der Waals surface area (Å²) in [7, 11) is 3.09. The van der Waals surface area contributed by atoms with E-state index in [0.29, 0.717) is 22.2 Å². The van der Waals surface area contributed by atoms with Gasteiger partial charge in [-0.2, -0.15) is 5.26 Å². The molecule has 168 valence electrons. The Labute approximate surface area is 196 Å². The fourth-order valence-corrected chi connectivity index (χ4v) is 4.66. The highest BCUT2D eigenvalue weighted by Crippen LogP contribution is 2.30. The van der Waals surface area contributed by atoms with Gasteiger partial charge in [-0.15, -0.1) is 11.3 Å². The number of fused-ring (bicyclic) bond motifs is 1. The number of rotatable bonds is 7. The van der Waals surface area contributed by atoms with Gasteiger partial charge in [0, 0.05) is 24.5 Å². The number of nitrogens with zero attached hydrogens (tertiary/aromatic N) is 3. The number of benzene rings is 2. The van der Waals surface area contributed by atoms with Crippen LogP contribution in [0.1, 0.15) is 21.7 Å². The molecule has 0 fully saturated rings. The highest BCUT2D eigenvalue weighted by Gasteiger charge is 2.22. The van der Waals surface area contributed by atoms with Crippen molar-refractivity contribution in [2.75, 3.05) is 26.1 Å². The molecule has 0 aliphatic carbocycles. The Morgan fingerprint density at radius 3 is 2.73 bits per heavy atom. The molecule has 0 unspecified atom stereocenters. The molecular weight excluding hydrogens is 436 g/mol. The van der Waals surface area contributed by atoms with Crippen molar-refractivity contribution in [2.24, 2.45) is 0 Å². The molecule has 1 N–H and O–H groups in total. The Hall–Kier alpha value is -3.67. The summed E-state index contributed by atoms with van der Waals surface area (Å²) in [5.41, 5.74) is 2.90. The molecule has 8 heteroatoms. The molecule has 0 spiro atoms. The standard InChI is InChI=1S/C25H24N4O3S/c1-31-21-9-8-18(13-22(21)32-2)12-19(14-26)24(30)28-25-27-20-16-29(11-10-23(20)33-25)15-17-6-4-3-5-7-17/h3-9,12-13H,10-11,15-16H2,1-2H3,(H,27,28,30). The number of aromatic nitrogens is 1. The summed E-state index contributed by atoms with van der Waals surface area (Å²) in [6.07, 6.45) is 2.41. The average Bonchev–Trinajstić information content (AvgIpc) is 3.24. The minimum atomic E-state index is -0.487. The maximum atomic E-state index is 12.7. The van der Waals surface area contributed by atoms with E-state index in [1.807, 2.05) is 24.3 Å². The molecule has 1 amide bonds. The van der Waals surface area contributed by atoms with Gasteiger partial charge in [-0.05, 0) is 35.8 Å². The van der Waals surface area contributed by atoms with Crippen LogP contribution in [-0.4, -0.2) is 36.6 Å². The fourth-order valence-electron chi connectivity index (χ4n) is 3.71. The number of carbonyl (C=O) groups excluding carboxylic acids is 1. The normalized spacial score (nSPS) is 13.7. The smallest absolute Gasteiger partial charge is 0.268 e. The molecule has 4 rings (SSSR count). The summed E-state index contributed by atoms with van der Waals surface area (Å²) in [6, 6.07) is 17.5. The van der Waals surface area contributed by atoms with E-state index in [1.165, 1.54) is 35.0 Å². The fraction of sp³-hybridized carbons (Fsp3) is 0.240. The molecule has 1 aliphatic rings. The molecule has 1 aromatic heterocycles. The molecule has 0 atom stereocenters. The minimum Gasteiger partial charge on any atom is -0.493 e. The first kappa shape index (κ1) is 22.5. The lowest BCUT2D eigenvalue weighted by Crippen LogP contribution is -2.29. The minimum absolute atomic E-state index is 0.0129. The van der Waals surface area contributed by atoms with Gasteiger partial charge in [-0.25, -0.2) is 4.98 Å². The number of nitriles is 1. The van der Waals surface area contributed by atoms with E-state index in [0.717, 1.165) is 31.7 Å². The molecular formula is C25H24N4O3S. The summed E-state index contributed by atoms with van der Waals surface area (Å²) < 4.78 is 10.5. The molecule has 0 saturated carbocycles. The molecule has 1 aliphatic heterocycles. The van der Waals surface area contributed by atoms with Crippen LogP contribution in [0.3, 0.4) is 0 Å². The van der Waals surface area contributed by atoms with Gasteiger partial charge in [0.25, 0.3) is 5.91 Å². The Bertz CT molecular complexity index is 1210. The first-order valence-electron chi connectivity index (χ1n) is 10.5. The second-order valence-electron chi connectivity index (χ2n) is 7.57. The first-order chi connectivity index (χ1) is 16.1. The van der Waals surface area contributed by atoms with Crippen molar-refractivity contribution in [3.05, 3.63) is 75.8 Å². The van der Waals surface area contributed by atoms with E-state index in [4.69, 9.17) is 9.47 Å². The van der Waals surface area contributed by atoms with Crippen molar-refractivity contribution in [1.82, 2.24) is 9.88 Å². The summed E-state index contributed by atoms with van der Waals surface area (Å²) in [6.45, 7) is 2.55. The maximum Gasteiger partial charge on any atom is 0.268 e. The zero-order valence-corrected chi connectivity index (χ0v) is 19.3. The van der Waals surface area contributed by atoms with Crippen molar-refractivity contribution >= 4 is 28.5 Å². The number of amides is 1. The summed E-state index contributed by atoms with van der Waals surface area (Å²) in [5.74, 6) is 0.614. The number of anilines is 1. The monoisotopic (exact) mass is 460 g/mol. The number of hydrogen-bond donors (Lipinski definition) is 1. The number of carbonyl (C=O) groups is 1. The molecule has 7 nitrogen and oxygen atoms in total. The van der Waals surface area contributed by atoms with E-state index in [2.05, 4.69) is 27.3 Å². The highest BCUT2D eigenvalue weighted by atomic mass is 32.1. The number of ether oxygens (including phenoxy) is 2. The van der Waals surface area contributed by atoms with Crippen LogP contribution in [0.5, 0.6) is 11.5 Å². The zero-order valence-electron chi connectivity index (χ0n) is 18.5. The van der Waals surface area contributed by atoms with Gasteiger partial charge < -0.3 is 9.47 Å². The molecule has 0 radical (unpaired) electrons. The Morgan fingerprint density at radius 1 is 1.21 bits per heavy atom. The molecule has 2 heterocycles. The van der Waals surface area contributed by atoms with Crippen molar-refractivity contribution in [1.29, 1.82) is 5.26 Å². The average molecular weight is 461 g/mol. The SMILES string of the molecule is COc1ccc(C=C(C#N)C(=O)Nc2nc3c(s2)CCN(Cc2ccccc2)C3)cc1OC. The van der Waals surface area contributed by atoms with Crippen molar-refractivity contribution < 1.29 is 14.3 Å². The van der Waals surface area contributed by atoms with Gasteiger partial charge in [-0.1, -0.05) is 36.4 Å². The third-order valence-corrected chi connectivity index (χ3v) is 6.43. The van der Waals surface area contributed by atoms with Gasteiger partial charge in [0.1, 0.15) is 11.6 Å². The van der Waals surface area contributed by atoms with Crippen LogP contribution < -0.4 is 14.8 Å². The number of hydrogen-bond acceptors (Lipinski definition) is 7. The Kier molecular flexibility index (Phi) is 7.03. The molecule has 0 saturated heterocycles. The predicted octanol–water partition coefficient (Wildman–Crippen LogP) is 4.26. The van der Waals surface area contributed by atoms with Crippen LogP contribution in [0.4, 0.5) is 5.13 Å². The van der Waals surface area contributed by atoms with E-state index in [1.54, 1.807) is 25.3 Å². The van der Waals surface area contributed by atoms with Crippen molar-refractivity contribution in [3.63, 3.8) is 0 Å². The van der Waals surface area contributed by atoms with Crippen LogP contribution >= 0.6 is 11.3 Å². The summed E-state index contributed by atoms with van der Waals surface area (Å²) >= 11 is 1.47. The maximum absolute atomic E-state index is 12.7. The second kappa shape index (κ2) is 10.3. The summed E-state index contributed by atoms with van der Waals surface area (Å²) in [5, 5.41) is 12.8. The molecule has 3 aromatic rings. The van der Waals surface area contributed by atoms with Crippen LogP contribution in [0.15, 0.2) is 54.1 Å². The number of methoxy groups -OCH3 is 2. The van der Waals surface area contributed by atoms with Crippen LogP contribution in [0.2, 0.25) is 0 Å². The third kappa shape index (κ3) is 5.40. The van der Waals surface area contributed by atoms with E-state index in [9.17, 15) is 10.1 Å². The van der Waals surface area contributed by atoms with E-state index < -0.39 is 5.91 Å². The topological polar surface area (TPSA) is 87.5 Å². The lowest BCUT2D eigenvalue weighted by atomic mass is 10.1.